The van der Waals surface area contributed by atoms with E-state index >= 15 is 0 Å². The molecule has 9 heteroatoms. The summed E-state index contributed by atoms with van der Waals surface area (Å²) in [6, 6.07) is 6.62. The molecule has 1 atom stereocenters. The Morgan fingerprint density at radius 3 is 2.40 bits per heavy atom. The molecule has 0 heterocycles. The van der Waals surface area contributed by atoms with E-state index in [0.29, 0.717) is 0 Å². The zero-order valence-electron chi connectivity index (χ0n) is 15.6. The highest BCUT2D eigenvalue weighted by Crippen LogP contribution is 2.42. The fourth-order valence-electron chi connectivity index (χ4n) is 3.75. The smallest absolute Gasteiger partial charge is 0.387 e. The molecule has 2 aromatic carbocycles. The van der Waals surface area contributed by atoms with Gasteiger partial charge in [0.1, 0.15) is 12.0 Å². The number of aliphatic hydroxyl groups is 1. The Balaban J connectivity index is 2.02. The molecular formula is C21H19ClF5NO2. The molecule has 162 valence electrons. The van der Waals surface area contributed by atoms with E-state index < -0.39 is 46.8 Å². The predicted octanol–water partition coefficient (Wildman–Crippen LogP) is 5.61. The Kier molecular flexibility index (Phi) is 6.38. The predicted molar refractivity (Wildman–Crippen MR) is 101 cm³/mol. The number of carbonyl (C=O) groups is 1. The highest BCUT2D eigenvalue weighted by molar-refractivity contribution is 6.31. The largest absolute Gasteiger partial charge is 0.417 e. The average Bonchev–Trinajstić information content (AvgIpc) is 2.70. The summed E-state index contributed by atoms with van der Waals surface area (Å²) in [5.74, 6) is -1.92. The number of benzene rings is 2. The summed E-state index contributed by atoms with van der Waals surface area (Å²) in [6.45, 7) is 0. The summed E-state index contributed by atoms with van der Waals surface area (Å²) < 4.78 is 67.6. The number of nitrogens with one attached hydrogen (secondary N) is 1. The second-order valence-corrected chi connectivity index (χ2v) is 7.75. The molecule has 3 nitrogen and oxygen atoms in total. The summed E-state index contributed by atoms with van der Waals surface area (Å²) in [6.07, 6.45) is -6.08. The van der Waals surface area contributed by atoms with E-state index in [1.165, 1.54) is 18.2 Å². The molecule has 1 aliphatic rings. The number of halogens is 6. The van der Waals surface area contributed by atoms with Crippen LogP contribution in [0.3, 0.4) is 0 Å². The number of hydrogen-bond donors (Lipinski definition) is 2. The molecule has 0 bridgehead atoms. The standard InChI is InChI=1S/C21H19ClF5NO2/c22-17-14(5-3-7-16(17)24)18(20(30)10-8-12(23)9-11-20)28-19(29)13-4-1-2-6-15(13)21(25,26)27/h1-7,12,18,30H,8-11H2,(H,28,29)/t12-,18?,20+. The minimum atomic E-state index is -4.77. The molecule has 2 N–H and O–H groups in total. The van der Waals surface area contributed by atoms with E-state index in [1.807, 2.05) is 0 Å². The molecule has 3 rings (SSSR count). The zero-order chi connectivity index (χ0) is 22.1. The monoisotopic (exact) mass is 447 g/mol. The van der Waals surface area contributed by atoms with Gasteiger partial charge in [-0.3, -0.25) is 4.79 Å². The van der Waals surface area contributed by atoms with Crippen molar-refractivity contribution in [3.63, 3.8) is 0 Å². The Morgan fingerprint density at radius 2 is 1.77 bits per heavy atom. The van der Waals surface area contributed by atoms with E-state index in [0.717, 1.165) is 24.3 Å². The van der Waals surface area contributed by atoms with Gasteiger partial charge in [0.15, 0.2) is 0 Å². The first-order valence-electron chi connectivity index (χ1n) is 9.30. The fraction of sp³-hybridized carbons (Fsp3) is 0.381. The molecule has 1 unspecified atom stereocenters. The normalized spacial score (nSPS) is 23.1. The molecule has 0 aromatic heterocycles. The van der Waals surface area contributed by atoms with Crippen LogP contribution in [0.5, 0.6) is 0 Å². The molecule has 0 radical (unpaired) electrons. The van der Waals surface area contributed by atoms with Crippen molar-refractivity contribution in [3.8, 4) is 0 Å². The highest BCUT2D eigenvalue weighted by atomic mass is 35.5. The Hall–Kier alpha value is -2.19. The molecule has 1 fully saturated rings. The van der Waals surface area contributed by atoms with E-state index in [4.69, 9.17) is 11.6 Å². The molecule has 1 saturated carbocycles. The molecule has 0 spiro atoms. The number of alkyl halides is 4. The molecule has 1 amide bonds. The summed E-state index contributed by atoms with van der Waals surface area (Å²) in [5, 5.41) is 13.2. The van der Waals surface area contributed by atoms with Gasteiger partial charge in [-0.1, -0.05) is 35.9 Å². The van der Waals surface area contributed by atoms with Gasteiger partial charge in [-0.25, -0.2) is 8.78 Å². The second-order valence-electron chi connectivity index (χ2n) is 7.37. The Bertz CT molecular complexity index is 926. The molecular weight excluding hydrogens is 429 g/mol. The molecule has 2 aromatic rings. The van der Waals surface area contributed by atoms with Crippen LogP contribution in [-0.4, -0.2) is 22.8 Å². The quantitative estimate of drug-likeness (QED) is 0.598. The second kappa shape index (κ2) is 8.51. The minimum Gasteiger partial charge on any atom is -0.387 e. The lowest BCUT2D eigenvalue weighted by molar-refractivity contribution is -0.138. The highest BCUT2D eigenvalue weighted by Gasteiger charge is 2.44. The van der Waals surface area contributed by atoms with Crippen LogP contribution in [0.4, 0.5) is 22.0 Å². The lowest BCUT2D eigenvalue weighted by Gasteiger charge is -2.41. The first kappa shape index (κ1) is 22.5. The van der Waals surface area contributed by atoms with Crippen molar-refractivity contribution in [2.45, 2.75) is 49.7 Å². The maximum absolute atomic E-state index is 14.0. The number of hydrogen-bond acceptors (Lipinski definition) is 2. The van der Waals surface area contributed by atoms with Crippen molar-refractivity contribution in [3.05, 3.63) is 70.0 Å². The number of rotatable bonds is 4. The first-order valence-corrected chi connectivity index (χ1v) is 9.68. The van der Waals surface area contributed by atoms with Crippen molar-refractivity contribution < 1.29 is 31.9 Å². The fourth-order valence-corrected chi connectivity index (χ4v) is 3.99. The van der Waals surface area contributed by atoms with Gasteiger partial charge in [0.05, 0.1) is 27.8 Å². The third-order valence-corrected chi connectivity index (χ3v) is 5.76. The summed E-state index contributed by atoms with van der Waals surface area (Å²) in [7, 11) is 0. The van der Waals surface area contributed by atoms with Crippen LogP contribution < -0.4 is 5.32 Å². The van der Waals surface area contributed by atoms with Gasteiger partial charge >= 0.3 is 6.18 Å². The lowest BCUT2D eigenvalue weighted by atomic mass is 9.76. The maximum Gasteiger partial charge on any atom is 0.417 e. The van der Waals surface area contributed by atoms with Crippen LogP contribution in [0, 0.1) is 5.82 Å². The van der Waals surface area contributed by atoms with Gasteiger partial charge in [-0.05, 0) is 49.4 Å². The van der Waals surface area contributed by atoms with Gasteiger partial charge in [0.25, 0.3) is 5.91 Å². The topological polar surface area (TPSA) is 49.3 Å². The van der Waals surface area contributed by atoms with Crippen LogP contribution in [0.1, 0.15) is 53.2 Å². The Labute approximate surface area is 174 Å². The molecule has 30 heavy (non-hydrogen) atoms. The van der Waals surface area contributed by atoms with Crippen molar-refractivity contribution in [2.75, 3.05) is 0 Å². The van der Waals surface area contributed by atoms with Crippen LogP contribution in [0.25, 0.3) is 0 Å². The summed E-state index contributed by atoms with van der Waals surface area (Å²) in [4.78, 5) is 12.8. The molecule has 0 saturated heterocycles. The average molecular weight is 448 g/mol. The van der Waals surface area contributed by atoms with Gasteiger partial charge in [-0.15, -0.1) is 0 Å². The first-order chi connectivity index (χ1) is 14.0. The van der Waals surface area contributed by atoms with Gasteiger partial charge in [0.2, 0.25) is 0 Å². The summed E-state index contributed by atoms with van der Waals surface area (Å²) >= 11 is 6.04. The zero-order valence-corrected chi connectivity index (χ0v) is 16.4. The lowest BCUT2D eigenvalue weighted by Crippen LogP contribution is -2.49. The van der Waals surface area contributed by atoms with Crippen molar-refractivity contribution in [1.82, 2.24) is 5.32 Å². The van der Waals surface area contributed by atoms with E-state index in [2.05, 4.69) is 5.32 Å². The van der Waals surface area contributed by atoms with Crippen molar-refractivity contribution in [2.24, 2.45) is 0 Å². The van der Waals surface area contributed by atoms with Gasteiger partial charge in [-0.2, -0.15) is 13.2 Å². The van der Waals surface area contributed by atoms with E-state index in [-0.39, 0.29) is 36.3 Å². The van der Waals surface area contributed by atoms with Crippen molar-refractivity contribution >= 4 is 17.5 Å². The van der Waals surface area contributed by atoms with Gasteiger partial charge in [0, 0.05) is 0 Å². The van der Waals surface area contributed by atoms with Crippen molar-refractivity contribution in [1.29, 1.82) is 0 Å². The van der Waals surface area contributed by atoms with Crippen LogP contribution in [-0.2, 0) is 6.18 Å². The van der Waals surface area contributed by atoms with Crippen LogP contribution in [0.15, 0.2) is 42.5 Å². The summed E-state index contributed by atoms with van der Waals surface area (Å²) in [5.41, 5.74) is -3.49. The Morgan fingerprint density at radius 1 is 1.13 bits per heavy atom. The number of amides is 1. The van der Waals surface area contributed by atoms with E-state index in [9.17, 15) is 31.9 Å². The van der Waals surface area contributed by atoms with Gasteiger partial charge < -0.3 is 10.4 Å². The number of carbonyl (C=O) groups excluding carboxylic acids is 1. The minimum absolute atomic E-state index is 0.00502. The van der Waals surface area contributed by atoms with E-state index in [1.54, 1.807) is 0 Å². The van der Waals surface area contributed by atoms with Crippen LogP contribution in [0.2, 0.25) is 5.02 Å². The third-order valence-electron chi connectivity index (χ3n) is 5.36. The third kappa shape index (κ3) is 4.59. The van der Waals surface area contributed by atoms with Crippen LogP contribution >= 0.6 is 11.6 Å². The maximum atomic E-state index is 14.0. The SMILES string of the molecule is O=C(NC(c1cccc(F)c1Cl)[C@]1(O)CC[C@@H](F)CC1)c1ccccc1C(F)(F)F. The molecule has 1 aliphatic carbocycles. The molecule has 0 aliphatic heterocycles.